The number of phenolic OH excluding ortho intramolecular Hbond substituents is 1. The summed E-state index contributed by atoms with van der Waals surface area (Å²) in [4.78, 5) is 11.7. The third-order valence-electron chi connectivity index (χ3n) is 3.26. The summed E-state index contributed by atoms with van der Waals surface area (Å²) >= 11 is 0. The number of carbonyl (C=O) groups is 1. The molecule has 0 radical (unpaired) electrons. The molecule has 1 saturated carbocycles. The Morgan fingerprint density at radius 2 is 2.14 bits per heavy atom. The first-order valence-corrected chi connectivity index (χ1v) is 4.79. The molecule has 3 heteroatoms. The molecule has 2 aliphatic rings. The van der Waals surface area contributed by atoms with Crippen LogP contribution in [0.1, 0.15) is 24.0 Å². The van der Waals surface area contributed by atoms with E-state index in [1.54, 1.807) is 12.1 Å². The summed E-state index contributed by atoms with van der Waals surface area (Å²) in [5.41, 5.74) is 2.54. The predicted octanol–water partition coefficient (Wildman–Crippen LogP) is 1.68. The van der Waals surface area contributed by atoms with Crippen LogP contribution in [0.4, 0.5) is 5.69 Å². The Balaban J connectivity index is 2.28. The quantitative estimate of drug-likeness (QED) is 0.610. The first kappa shape index (κ1) is 7.85. The number of benzene rings is 1. The molecule has 1 heterocycles. The van der Waals surface area contributed by atoms with Gasteiger partial charge in [0.05, 0.1) is 5.41 Å². The number of hydrogen-bond acceptors (Lipinski definition) is 2. The van der Waals surface area contributed by atoms with Crippen molar-refractivity contribution < 1.29 is 9.90 Å². The minimum Gasteiger partial charge on any atom is -0.508 e. The maximum atomic E-state index is 11.7. The minimum atomic E-state index is -0.293. The van der Waals surface area contributed by atoms with E-state index in [9.17, 15) is 9.90 Å². The zero-order valence-electron chi connectivity index (χ0n) is 7.92. The SMILES string of the molecule is Cc1cc(O)cc2c1NC(=O)C21CC1. The summed E-state index contributed by atoms with van der Waals surface area (Å²) in [6.45, 7) is 1.90. The molecule has 3 nitrogen and oxygen atoms in total. The van der Waals surface area contributed by atoms with Gasteiger partial charge in [0.15, 0.2) is 0 Å². The molecule has 0 aromatic heterocycles. The van der Waals surface area contributed by atoms with Crippen LogP contribution in [0.2, 0.25) is 0 Å². The van der Waals surface area contributed by atoms with E-state index in [1.807, 2.05) is 6.92 Å². The summed E-state index contributed by atoms with van der Waals surface area (Å²) < 4.78 is 0. The van der Waals surface area contributed by atoms with Gasteiger partial charge >= 0.3 is 0 Å². The van der Waals surface area contributed by atoms with Gasteiger partial charge in [0.25, 0.3) is 0 Å². The summed E-state index contributed by atoms with van der Waals surface area (Å²) in [7, 11) is 0. The van der Waals surface area contributed by atoms with Gasteiger partial charge in [0.1, 0.15) is 5.75 Å². The average Bonchev–Trinajstić information content (AvgIpc) is 2.84. The first-order valence-electron chi connectivity index (χ1n) is 4.79. The normalized spacial score (nSPS) is 20.8. The van der Waals surface area contributed by atoms with E-state index in [2.05, 4.69) is 5.32 Å². The third kappa shape index (κ3) is 0.750. The molecule has 0 unspecified atom stereocenters. The van der Waals surface area contributed by atoms with Crippen molar-refractivity contribution in [3.05, 3.63) is 23.3 Å². The van der Waals surface area contributed by atoms with E-state index >= 15 is 0 Å². The van der Waals surface area contributed by atoms with Crippen molar-refractivity contribution in [3.63, 3.8) is 0 Å². The van der Waals surface area contributed by atoms with E-state index in [-0.39, 0.29) is 17.1 Å². The lowest BCUT2D eigenvalue weighted by Gasteiger charge is -2.06. The summed E-state index contributed by atoms with van der Waals surface area (Å²) in [6, 6.07) is 3.40. The number of carbonyl (C=O) groups excluding carboxylic acids is 1. The molecule has 2 N–H and O–H groups in total. The van der Waals surface area contributed by atoms with E-state index in [1.165, 1.54) is 0 Å². The Labute approximate surface area is 81.8 Å². The van der Waals surface area contributed by atoms with Gasteiger partial charge in [0.2, 0.25) is 5.91 Å². The van der Waals surface area contributed by atoms with Crippen LogP contribution in [0, 0.1) is 6.92 Å². The standard InChI is InChI=1S/C11H11NO2/c1-6-4-7(13)5-8-9(6)12-10(14)11(8)2-3-11/h4-5,13H,2-3H2,1H3,(H,12,14). The van der Waals surface area contributed by atoms with Crippen molar-refractivity contribution in [2.45, 2.75) is 25.2 Å². The maximum absolute atomic E-state index is 11.7. The van der Waals surface area contributed by atoms with Crippen LogP contribution >= 0.6 is 0 Å². The van der Waals surface area contributed by atoms with Crippen LogP contribution in [-0.4, -0.2) is 11.0 Å². The van der Waals surface area contributed by atoms with Crippen LogP contribution < -0.4 is 5.32 Å². The summed E-state index contributed by atoms with van der Waals surface area (Å²) in [5, 5.41) is 12.4. The largest absolute Gasteiger partial charge is 0.508 e. The number of fused-ring (bicyclic) bond motifs is 2. The van der Waals surface area contributed by atoms with Crippen molar-refractivity contribution in [1.82, 2.24) is 0 Å². The Hall–Kier alpha value is -1.51. The molecule has 1 aliphatic heterocycles. The lowest BCUT2D eigenvalue weighted by molar-refractivity contribution is -0.117. The Morgan fingerprint density at radius 1 is 1.43 bits per heavy atom. The van der Waals surface area contributed by atoms with Gasteiger partial charge in [-0.1, -0.05) is 0 Å². The molecule has 0 saturated heterocycles. The van der Waals surface area contributed by atoms with Gasteiger partial charge in [-0.05, 0) is 43.0 Å². The van der Waals surface area contributed by atoms with Crippen LogP contribution in [0.15, 0.2) is 12.1 Å². The lowest BCUT2D eigenvalue weighted by Crippen LogP contribution is -2.18. The van der Waals surface area contributed by atoms with Crippen molar-refractivity contribution in [3.8, 4) is 5.75 Å². The predicted molar refractivity (Wildman–Crippen MR) is 52.4 cm³/mol. The smallest absolute Gasteiger partial charge is 0.235 e. The van der Waals surface area contributed by atoms with Gasteiger partial charge in [0, 0.05) is 5.69 Å². The molecular weight excluding hydrogens is 178 g/mol. The average molecular weight is 189 g/mol. The highest BCUT2D eigenvalue weighted by Gasteiger charge is 2.56. The highest BCUT2D eigenvalue weighted by molar-refractivity contribution is 6.09. The number of anilines is 1. The first-order chi connectivity index (χ1) is 6.63. The number of hydrogen-bond donors (Lipinski definition) is 2. The Bertz CT molecular complexity index is 447. The van der Waals surface area contributed by atoms with Gasteiger partial charge < -0.3 is 10.4 Å². The van der Waals surface area contributed by atoms with Crippen molar-refractivity contribution >= 4 is 11.6 Å². The molecule has 0 atom stereocenters. The molecule has 1 fully saturated rings. The molecule has 1 spiro atoms. The Kier molecular flexibility index (Phi) is 1.18. The van der Waals surface area contributed by atoms with Crippen LogP contribution in [0.3, 0.4) is 0 Å². The number of phenols is 1. The van der Waals surface area contributed by atoms with Crippen LogP contribution in [0.5, 0.6) is 5.75 Å². The molecule has 1 amide bonds. The Morgan fingerprint density at radius 3 is 2.79 bits per heavy atom. The maximum Gasteiger partial charge on any atom is 0.235 e. The molecule has 1 aromatic carbocycles. The zero-order valence-corrected chi connectivity index (χ0v) is 7.92. The highest BCUT2D eigenvalue weighted by Crippen LogP contribution is 2.56. The molecule has 14 heavy (non-hydrogen) atoms. The minimum absolute atomic E-state index is 0.0983. The fourth-order valence-electron chi connectivity index (χ4n) is 2.29. The van der Waals surface area contributed by atoms with Crippen molar-refractivity contribution in [1.29, 1.82) is 0 Å². The number of nitrogens with one attached hydrogen (secondary N) is 1. The zero-order chi connectivity index (χ0) is 9.92. The van der Waals surface area contributed by atoms with Gasteiger partial charge in [-0.25, -0.2) is 0 Å². The number of aryl methyl sites for hydroxylation is 1. The van der Waals surface area contributed by atoms with Crippen molar-refractivity contribution in [2.24, 2.45) is 0 Å². The number of rotatable bonds is 0. The fraction of sp³-hybridized carbons (Fsp3) is 0.364. The van der Waals surface area contributed by atoms with Crippen molar-refractivity contribution in [2.75, 3.05) is 5.32 Å². The van der Waals surface area contributed by atoms with E-state index in [0.717, 1.165) is 29.7 Å². The number of amides is 1. The van der Waals surface area contributed by atoms with Crippen LogP contribution in [0.25, 0.3) is 0 Å². The monoisotopic (exact) mass is 189 g/mol. The molecule has 3 rings (SSSR count). The second kappa shape index (κ2) is 2.11. The third-order valence-corrected chi connectivity index (χ3v) is 3.26. The van der Waals surface area contributed by atoms with E-state index in [0.29, 0.717) is 0 Å². The summed E-state index contributed by atoms with van der Waals surface area (Å²) in [6.07, 6.45) is 1.82. The number of aromatic hydroxyl groups is 1. The van der Waals surface area contributed by atoms with Gasteiger partial charge in [-0.15, -0.1) is 0 Å². The van der Waals surface area contributed by atoms with E-state index in [4.69, 9.17) is 0 Å². The second-order valence-electron chi connectivity index (χ2n) is 4.22. The topological polar surface area (TPSA) is 49.3 Å². The second-order valence-corrected chi connectivity index (χ2v) is 4.22. The summed E-state index contributed by atoms with van der Waals surface area (Å²) in [5.74, 6) is 0.352. The molecule has 72 valence electrons. The molecular formula is C11H11NO2. The highest BCUT2D eigenvalue weighted by atomic mass is 16.3. The van der Waals surface area contributed by atoms with Gasteiger partial charge in [-0.2, -0.15) is 0 Å². The lowest BCUT2D eigenvalue weighted by atomic mass is 9.96. The molecule has 1 aromatic rings. The van der Waals surface area contributed by atoms with Crippen LogP contribution in [-0.2, 0) is 10.2 Å². The fourth-order valence-corrected chi connectivity index (χ4v) is 2.29. The van der Waals surface area contributed by atoms with Gasteiger partial charge in [-0.3, -0.25) is 4.79 Å². The van der Waals surface area contributed by atoms with E-state index < -0.39 is 0 Å². The molecule has 1 aliphatic carbocycles. The molecule has 0 bridgehead atoms.